The van der Waals surface area contributed by atoms with Gasteiger partial charge in [0.2, 0.25) is 10.0 Å². The van der Waals surface area contributed by atoms with Crippen molar-refractivity contribution in [3.63, 3.8) is 0 Å². The van der Waals surface area contributed by atoms with E-state index in [4.69, 9.17) is 4.74 Å². The summed E-state index contributed by atoms with van der Waals surface area (Å²) >= 11 is 0. The van der Waals surface area contributed by atoms with Crippen molar-refractivity contribution in [1.82, 2.24) is 4.31 Å². The van der Waals surface area contributed by atoms with E-state index >= 15 is 0 Å². The van der Waals surface area contributed by atoms with E-state index in [0.717, 1.165) is 0 Å². The van der Waals surface area contributed by atoms with E-state index in [1.54, 1.807) is 18.2 Å². The Morgan fingerprint density at radius 1 is 1.00 bits per heavy atom. The third kappa shape index (κ3) is 4.24. The minimum Gasteiger partial charge on any atom is -0.379 e. The third-order valence-electron chi connectivity index (χ3n) is 4.04. The molecular formula is C19H18FNO4S. The molecule has 0 N–H and O–H groups in total. The SMILES string of the molecule is O=C(C=Cc1ccc(F)cc1)c1ccc(S(=O)(=O)N2CCOCC2)cc1. The van der Waals surface area contributed by atoms with Crippen molar-refractivity contribution in [3.8, 4) is 0 Å². The van der Waals surface area contributed by atoms with Crippen LogP contribution in [0.15, 0.2) is 59.5 Å². The van der Waals surface area contributed by atoms with Crippen LogP contribution in [-0.2, 0) is 14.8 Å². The lowest BCUT2D eigenvalue weighted by atomic mass is 10.1. The Morgan fingerprint density at radius 2 is 1.62 bits per heavy atom. The van der Waals surface area contributed by atoms with Crippen molar-refractivity contribution < 1.29 is 22.3 Å². The van der Waals surface area contributed by atoms with E-state index in [9.17, 15) is 17.6 Å². The van der Waals surface area contributed by atoms with Crippen LogP contribution >= 0.6 is 0 Å². The first-order valence-electron chi connectivity index (χ1n) is 8.13. The second kappa shape index (κ2) is 7.90. The van der Waals surface area contributed by atoms with Crippen molar-refractivity contribution in [2.75, 3.05) is 26.3 Å². The number of ketones is 1. The lowest BCUT2D eigenvalue weighted by Crippen LogP contribution is -2.40. The molecule has 7 heteroatoms. The van der Waals surface area contributed by atoms with Crippen LogP contribution in [-0.4, -0.2) is 44.8 Å². The fourth-order valence-electron chi connectivity index (χ4n) is 2.57. The second-order valence-corrected chi connectivity index (χ2v) is 7.73. The first kappa shape index (κ1) is 18.4. The molecule has 0 aromatic heterocycles. The summed E-state index contributed by atoms with van der Waals surface area (Å²) in [5.74, 6) is -0.602. The van der Waals surface area contributed by atoms with Gasteiger partial charge in [-0.05, 0) is 48.0 Å². The highest BCUT2D eigenvalue weighted by Crippen LogP contribution is 2.18. The number of hydrogen-bond donors (Lipinski definition) is 0. The number of carbonyl (C=O) groups is 1. The van der Waals surface area contributed by atoms with Gasteiger partial charge in [0.1, 0.15) is 5.82 Å². The molecule has 0 unspecified atom stereocenters. The zero-order valence-electron chi connectivity index (χ0n) is 14.0. The molecule has 0 amide bonds. The van der Waals surface area contributed by atoms with Gasteiger partial charge in [-0.3, -0.25) is 4.79 Å². The number of halogens is 1. The van der Waals surface area contributed by atoms with E-state index in [2.05, 4.69) is 0 Å². The highest BCUT2D eigenvalue weighted by atomic mass is 32.2. The lowest BCUT2D eigenvalue weighted by molar-refractivity contribution is 0.0730. The zero-order valence-corrected chi connectivity index (χ0v) is 14.8. The van der Waals surface area contributed by atoms with E-state index in [0.29, 0.717) is 37.4 Å². The van der Waals surface area contributed by atoms with Crippen LogP contribution < -0.4 is 0 Å². The topological polar surface area (TPSA) is 63.7 Å². The van der Waals surface area contributed by atoms with Gasteiger partial charge in [0, 0.05) is 18.7 Å². The summed E-state index contributed by atoms with van der Waals surface area (Å²) in [6, 6.07) is 11.6. The number of rotatable bonds is 5. The van der Waals surface area contributed by atoms with E-state index in [1.165, 1.54) is 46.8 Å². The Kier molecular flexibility index (Phi) is 5.61. The molecule has 1 heterocycles. The maximum atomic E-state index is 12.9. The van der Waals surface area contributed by atoms with Crippen LogP contribution in [0.1, 0.15) is 15.9 Å². The van der Waals surface area contributed by atoms with Crippen LogP contribution in [0.5, 0.6) is 0 Å². The molecule has 5 nitrogen and oxygen atoms in total. The number of allylic oxidation sites excluding steroid dienone is 1. The molecule has 136 valence electrons. The Bertz CT molecular complexity index is 900. The van der Waals surface area contributed by atoms with Crippen LogP contribution in [0.25, 0.3) is 6.08 Å². The number of benzene rings is 2. The molecule has 26 heavy (non-hydrogen) atoms. The van der Waals surface area contributed by atoms with Crippen molar-refractivity contribution in [1.29, 1.82) is 0 Å². The standard InChI is InChI=1S/C19H18FNO4S/c20-17-6-1-15(2-7-17)3-10-19(22)16-4-8-18(9-5-16)26(23,24)21-11-13-25-14-12-21/h1-10H,11-14H2. The Balaban J connectivity index is 1.72. The highest BCUT2D eigenvalue weighted by Gasteiger charge is 2.26. The molecule has 2 aromatic carbocycles. The van der Waals surface area contributed by atoms with E-state index in [1.807, 2.05) is 0 Å². The van der Waals surface area contributed by atoms with Crippen LogP contribution in [0.4, 0.5) is 4.39 Å². The van der Waals surface area contributed by atoms with E-state index in [-0.39, 0.29) is 16.5 Å². The molecule has 1 fully saturated rings. The largest absolute Gasteiger partial charge is 0.379 e. The van der Waals surface area contributed by atoms with Crippen LogP contribution in [0.3, 0.4) is 0 Å². The summed E-state index contributed by atoms with van der Waals surface area (Å²) in [7, 11) is -3.58. The summed E-state index contributed by atoms with van der Waals surface area (Å²) < 4.78 is 44.5. The quantitative estimate of drug-likeness (QED) is 0.595. The molecule has 1 saturated heterocycles. The van der Waals surface area contributed by atoms with Gasteiger partial charge in [0.25, 0.3) is 0 Å². The Hall–Kier alpha value is -2.35. The monoisotopic (exact) mass is 375 g/mol. The molecule has 1 aliphatic heterocycles. The first-order valence-corrected chi connectivity index (χ1v) is 9.57. The fraction of sp³-hybridized carbons (Fsp3) is 0.211. The molecule has 0 spiro atoms. The van der Waals surface area contributed by atoms with Gasteiger partial charge >= 0.3 is 0 Å². The predicted octanol–water partition coefficient (Wildman–Crippen LogP) is 2.74. The molecule has 0 bridgehead atoms. The molecular weight excluding hydrogens is 357 g/mol. The van der Waals surface area contributed by atoms with Crippen LogP contribution in [0, 0.1) is 5.82 Å². The van der Waals surface area contributed by atoms with Gasteiger partial charge < -0.3 is 4.74 Å². The molecule has 2 aromatic rings. The smallest absolute Gasteiger partial charge is 0.243 e. The summed E-state index contributed by atoms with van der Waals surface area (Å²) in [6.07, 6.45) is 2.96. The number of morpholine rings is 1. The Labute approximate surface area is 151 Å². The maximum absolute atomic E-state index is 12.9. The van der Waals surface area contributed by atoms with Crippen LogP contribution in [0.2, 0.25) is 0 Å². The van der Waals surface area contributed by atoms with Crippen molar-refractivity contribution >= 4 is 21.9 Å². The van der Waals surface area contributed by atoms with Gasteiger partial charge in [-0.25, -0.2) is 12.8 Å². The minimum absolute atomic E-state index is 0.151. The minimum atomic E-state index is -3.58. The normalized spacial score (nSPS) is 16.0. The molecule has 0 atom stereocenters. The number of carbonyl (C=O) groups excluding carboxylic acids is 1. The summed E-state index contributed by atoms with van der Waals surface area (Å²) in [6.45, 7) is 1.40. The summed E-state index contributed by atoms with van der Waals surface area (Å²) in [4.78, 5) is 12.4. The maximum Gasteiger partial charge on any atom is 0.243 e. The van der Waals surface area contributed by atoms with Crippen molar-refractivity contribution in [2.24, 2.45) is 0 Å². The van der Waals surface area contributed by atoms with Gasteiger partial charge in [0.05, 0.1) is 18.1 Å². The molecule has 0 radical (unpaired) electrons. The number of hydrogen-bond acceptors (Lipinski definition) is 4. The molecule has 0 aliphatic carbocycles. The highest BCUT2D eigenvalue weighted by molar-refractivity contribution is 7.89. The van der Waals surface area contributed by atoms with Crippen molar-refractivity contribution in [3.05, 3.63) is 71.6 Å². The van der Waals surface area contributed by atoms with Crippen molar-refractivity contribution in [2.45, 2.75) is 4.90 Å². The predicted molar refractivity (Wildman–Crippen MR) is 95.8 cm³/mol. The average Bonchev–Trinajstić information content (AvgIpc) is 2.68. The lowest BCUT2D eigenvalue weighted by Gasteiger charge is -2.26. The van der Waals surface area contributed by atoms with Gasteiger partial charge in [-0.15, -0.1) is 0 Å². The fourth-order valence-corrected chi connectivity index (χ4v) is 3.98. The Morgan fingerprint density at radius 3 is 2.23 bits per heavy atom. The molecule has 0 saturated carbocycles. The van der Waals surface area contributed by atoms with E-state index < -0.39 is 10.0 Å². The second-order valence-electron chi connectivity index (χ2n) is 5.79. The average molecular weight is 375 g/mol. The summed E-state index contributed by atoms with van der Waals surface area (Å²) in [5.41, 5.74) is 1.08. The van der Waals surface area contributed by atoms with Gasteiger partial charge in [-0.1, -0.05) is 18.2 Å². The third-order valence-corrected chi connectivity index (χ3v) is 5.96. The number of ether oxygens (including phenoxy) is 1. The van der Waals surface area contributed by atoms with Gasteiger partial charge in [-0.2, -0.15) is 4.31 Å². The molecule has 1 aliphatic rings. The first-order chi connectivity index (χ1) is 12.5. The zero-order chi connectivity index (χ0) is 18.6. The summed E-state index contributed by atoms with van der Waals surface area (Å²) in [5, 5.41) is 0. The van der Waals surface area contributed by atoms with Gasteiger partial charge in [0.15, 0.2) is 5.78 Å². The molecule has 3 rings (SSSR count). The number of sulfonamides is 1. The number of nitrogens with zero attached hydrogens (tertiary/aromatic N) is 1.